The van der Waals surface area contributed by atoms with Crippen molar-refractivity contribution in [1.82, 2.24) is 0 Å². The number of aromatic hydroxyl groups is 1. The van der Waals surface area contributed by atoms with Crippen molar-refractivity contribution < 1.29 is 5.11 Å². The maximum Gasteiger partial charge on any atom is 0.115 e. The smallest absolute Gasteiger partial charge is 0.115 e. The number of allylic oxidation sites excluding steroid dienone is 1. The van der Waals surface area contributed by atoms with Gasteiger partial charge < -0.3 is 5.11 Å². The van der Waals surface area contributed by atoms with Crippen molar-refractivity contribution in [3.05, 3.63) is 66.7 Å². The molecule has 0 aliphatic carbocycles. The summed E-state index contributed by atoms with van der Waals surface area (Å²) in [7, 11) is 0. The highest BCUT2D eigenvalue weighted by Crippen LogP contribution is 2.25. The van der Waals surface area contributed by atoms with Crippen LogP contribution in [-0.4, -0.2) is 5.11 Å². The van der Waals surface area contributed by atoms with Crippen molar-refractivity contribution in [3.63, 3.8) is 0 Å². The van der Waals surface area contributed by atoms with Crippen LogP contribution < -0.4 is 0 Å². The highest BCUT2D eigenvalue weighted by atomic mass is 16.3. The van der Waals surface area contributed by atoms with Gasteiger partial charge in [-0.05, 0) is 35.2 Å². The van der Waals surface area contributed by atoms with Crippen LogP contribution >= 0.6 is 0 Å². The Bertz CT molecular complexity index is 483. The van der Waals surface area contributed by atoms with Gasteiger partial charge in [0.25, 0.3) is 0 Å². The fraction of sp³-hybridized carbons (Fsp3) is 0.0667. The van der Waals surface area contributed by atoms with Gasteiger partial charge in [-0.15, -0.1) is 6.58 Å². The minimum Gasteiger partial charge on any atom is -0.508 e. The third kappa shape index (κ3) is 2.14. The minimum atomic E-state index is 0.296. The molecule has 1 heteroatoms. The molecule has 0 unspecified atom stereocenters. The first-order valence-corrected chi connectivity index (χ1v) is 5.29. The molecule has 0 aliphatic heterocycles. The summed E-state index contributed by atoms with van der Waals surface area (Å²) in [6.45, 7) is 3.76. The number of hydrogen-bond acceptors (Lipinski definition) is 1. The van der Waals surface area contributed by atoms with E-state index in [0.717, 1.165) is 12.0 Å². The van der Waals surface area contributed by atoms with Gasteiger partial charge in [-0.25, -0.2) is 0 Å². The fourth-order valence-corrected chi connectivity index (χ4v) is 1.78. The molecule has 1 N–H and O–H groups in total. The largest absolute Gasteiger partial charge is 0.508 e. The van der Waals surface area contributed by atoms with E-state index in [1.54, 1.807) is 12.1 Å². The van der Waals surface area contributed by atoms with E-state index in [1.165, 1.54) is 11.1 Å². The van der Waals surface area contributed by atoms with Gasteiger partial charge in [0, 0.05) is 0 Å². The molecule has 0 aliphatic rings. The molecule has 0 amide bonds. The Labute approximate surface area is 95.7 Å². The number of phenolic OH excluding ortho intramolecular Hbond substituents is 1. The first-order valence-electron chi connectivity index (χ1n) is 5.29. The summed E-state index contributed by atoms with van der Waals surface area (Å²) in [6, 6.07) is 15.5. The molecule has 0 saturated carbocycles. The first kappa shape index (κ1) is 10.5. The Morgan fingerprint density at radius 1 is 1.00 bits per heavy atom. The Balaban J connectivity index is 2.46. The molecule has 2 aromatic rings. The van der Waals surface area contributed by atoms with E-state index in [-0.39, 0.29) is 0 Å². The maximum absolute atomic E-state index is 9.26. The van der Waals surface area contributed by atoms with Crippen molar-refractivity contribution in [2.75, 3.05) is 0 Å². The molecule has 0 bridgehead atoms. The standard InChI is InChI=1S/C15H14O/c1-2-5-12-6-3-4-7-15(12)13-8-10-14(16)11-9-13/h2-4,6-11,16H,1,5H2. The van der Waals surface area contributed by atoms with Gasteiger partial charge in [-0.2, -0.15) is 0 Å². The van der Waals surface area contributed by atoms with Crippen LogP contribution in [0.4, 0.5) is 0 Å². The second-order valence-corrected chi connectivity index (χ2v) is 3.70. The summed E-state index contributed by atoms with van der Waals surface area (Å²) in [5.41, 5.74) is 3.57. The van der Waals surface area contributed by atoms with Crippen molar-refractivity contribution in [2.24, 2.45) is 0 Å². The maximum atomic E-state index is 9.26. The molecule has 2 rings (SSSR count). The molecule has 0 saturated heterocycles. The third-order valence-electron chi connectivity index (χ3n) is 2.56. The van der Waals surface area contributed by atoms with Crippen molar-refractivity contribution in [1.29, 1.82) is 0 Å². The van der Waals surface area contributed by atoms with Crippen LogP contribution in [0.1, 0.15) is 5.56 Å². The minimum absolute atomic E-state index is 0.296. The zero-order chi connectivity index (χ0) is 11.4. The monoisotopic (exact) mass is 210 g/mol. The third-order valence-corrected chi connectivity index (χ3v) is 2.56. The molecule has 0 aromatic heterocycles. The van der Waals surface area contributed by atoms with E-state index in [4.69, 9.17) is 0 Å². The summed E-state index contributed by atoms with van der Waals surface area (Å²) < 4.78 is 0. The normalized spacial score (nSPS) is 10.0. The predicted molar refractivity (Wildman–Crippen MR) is 67.4 cm³/mol. The zero-order valence-electron chi connectivity index (χ0n) is 9.06. The summed E-state index contributed by atoms with van der Waals surface area (Å²) in [5, 5.41) is 9.26. The van der Waals surface area contributed by atoms with Gasteiger partial charge >= 0.3 is 0 Å². The van der Waals surface area contributed by atoms with E-state index in [2.05, 4.69) is 18.7 Å². The lowest BCUT2D eigenvalue weighted by Crippen LogP contribution is -1.87. The van der Waals surface area contributed by atoms with Gasteiger partial charge in [0.05, 0.1) is 0 Å². The van der Waals surface area contributed by atoms with E-state index in [9.17, 15) is 5.11 Å². The average Bonchev–Trinajstić information content (AvgIpc) is 2.32. The van der Waals surface area contributed by atoms with E-state index in [1.807, 2.05) is 30.3 Å². The molecule has 0 fully saturated rings. The molecule has 2 aromatic carbocycles. The summed E-state index contributed by atoms with van der Waals surface area (Å²) in [6.07, 6.45) is 2.76. The van der Waals surface area contributed by atoms with Crippen LogP contribution in [0.2, 0.25) is 0 Å². The second kappa shape index (κ2) is 4.67. The quantitative estimate of drug-likeness (QED) is 0.764. The van der Waals surface area contributed by atoms with Crippen LogP contribution in [0.25, 0.3) is 11.1 Å². The van der Waals surface area contributed by atoms with Crippen molar-refractivity contribution in [3.8, 4) is 16.9 Å². The van der Waals surface area contributed by atoms with Gasteiger partial charge in [-0.1, -0.05) is 42.5 Å². The number of phenols is 1. The molecular weight excluding hydrogens is 196 g/mol. The highest BCUT2D eigenvalue weighted by molar-refractivity contribution is 5.68. The lowest BCUT2D eigenvalue weighted by molar-refractivity contribution is 0.475. The number of rotatable bonds is 3. The lowest BCUT2D eigenvalue weighted by atomic mass is 9.98. The molecule has 80 valence electrons. The van der Waals surface area contributed by atoms with Crippen LogP contribution in [0.5, 0.6) is 5.75 Å². The lowest BCUT2D eigenvalue weighted by Gasteiger charge is -2.07. The predicted octanol–water partition coefficient (Wildman–Crippen LogP) is 3.79. The molecule has 16 heavy (non-hydrogen) atoms. The zero-order valence-corrected chi connectivity index (χ0v) is 9.06. The molecule has 0 heterocycles. The summed E-state index contributed by atoms with van der Waals surface area (Å²) in [4.78, 5) is 0. The molecule has 0 spiro atoms. The SMILES string of the molecule is C=CCc1ccccc1-c1ccc(O)cc1. The Kier molecular flexibility index (Phi) is 3.06. The number of benzene rings is 2. The van der Waals surface area contributed by atoms with Crippen LogP contribution in [0.15, 0.2) is 61.2 Å². The Morgan fingerprint density at radius 3 is 2.38 bits per heavy atom. The van der Waals surface area contributed by atoms with Gasteiger partial charge in [0.2, 0.25) is 0 Å². The second-order valence-electron chi connectivity index (χ2n) is 3.70. The molecular formula is C15H14O. The first-order chi connectivity index (χ1) is 7.81. The fourth-order valence-electron chi connectivity index (χ4n) is 1.78. The van der Waals surface area contributed by atoms with Crippen LogP contribution in [0, 0.1) is 0 Å². The summed E-state index contributed by atoms with van der Waals surface area (Å²) in [5.74, 6) is 0.296. The molecule has 0 atom stereocenters. The Hall–Kier alpha value is -2.02. The van der Waals surface area contributed by atoms with Gasteiger partial charge in [0.1, 0.15) is 5.75 Å². The van der Waals surface area contributed by atoms with E-state index < -0.39 is 0 Å². The molecule has 0 radical (unpaired) electrons. The van der Waals surface area contributed by atoms with Crippen molar-refractivity contribution >= 4 is 0 Å². The van der Waals surface area contributed by atoms with Gasteiger partial charge in [-0.3, -0.25) is 0 Å². The van der Waals surface area contributed by atoms with E-state index in [0.29, 0.717) is 5.75 Å². The molecule has 1 nitrogen and oxygen atoms in total. The van der Waals surface area contributed by atoms with Crippen LogP contribution in [-0.2, 0) is 6.42 Å². The highest BCUT2D eigenvalue weighted by Gasteiger charge is 2.02. The topological polar surface area (TPSA) is 20.2 Å². The van der Waals surface area contributed by atoms with Gasteiger partial charge in [0.15, 0.2) is 0 Å². The Morgan fingerprint density at radius 2 is 1.69 bits per heavy atom. The number of hydrogen-bond donors (Lipinski definition) is 1. The van der Waals surface area contributed by atoms with Crippen molar-refractivity contribution in [2.45, 2.75) is 6.42 Å². The van der Waals surface area contributed by atoms with Crippen LogP contribution in [0.3, 0.4) is 0 Å². The average molecular weight is 210 g/mol. The summed E-state index contributed by atoms with van der Waals surface area (Å²) >= 11 is 0. The van der Waals surface area contributed by atoms with E-state index >= 15 is 0 Å².